The summed E-state index contributed by atoms with van der Waals surface area (Å²) in [5.41, 5.74) is 2.61. The molecule has 0 aliphatic rings. The smallest absolute Gasteiger partial charge is 0.306 e. The molecule has 1 aromatic heterocycles. The van der Waals surface area contributed by atoms with E-state index in [0.29, 0.717) is 12.5 Å². The molecule has 0 aliphatic heterocycles. The second-order valence-electron chi connectivity index (χ2n) is 5.61. The maximum atomic E-state index is 13.4. The number of nitrogens with zero attached hydrogens (tertiary/aromatic N) is 2. The SMILES string of the molecule is Cc1nn(C)c(C)c1CCC(=O)OCC(=O)Nc1ccc(F)cc1F. The molecule has 1 heterocycles. The van der Waals surface area contributed by atoms with Crippen molar-refractivity contribution in [2.45, 2.75) is 26.7 Å². The number of ether oxygens (including phenoxy) is 1. The van der Waals surface area contributed by atoms with Crippen molar-refractivity contribution in [1.82, 2.24) is 9.78 Å². The average molecular weight is 351 g/mol. The van der Waals surface area contributed by atoms with Crippen molar-refractivity contribution in [3.05, 3.63) is 46.8 Å². The molecule has 0 atom stereocenters. The Morgan fingerprint density at radius 3 is 2.60 bits per heavy atom. The van der Waals surface area contributed by atoms with E-state index in [1.807, 2.05) is 20.9 Å². The number of halogens is 2. The van der Waals surface area contributed by atoms with Gasteiger partial charge in [-0.3, -0.25) is 14.3 Å². The Bertz CT molecular complexity index is 803. The number of hydrogen-bond donors (Lipinski definition) is 1. The predicted octanol–water partition coefficient (Wildman–Crippen LogP) is 2.43. The van der Waals surface area contributed by atoms with Crippen LogP contribution in [0.4, 0.5) is 14.5 Å². The fourth-order valence-electron chi connectivity index (χ4n) is 2.40. The summed E-state index contributed by atoms with van der Waals surface area (Å²) in [6.07, 6.45) is 0.560. The van der Waals surface area contributed by atoms with E-state index >= 15 is 0 Å². The summed E-state index contributed by atoms with van der Waals surface area (Å²) in [6.45, 7) is 3.23. The highest BCUT2D eigenvalue weighted by Gasteiger charge is 2.14. The Kier molecular flexibility index (Phi) is 5.84. The van der Waals surface area contributed by atoms with Gasteiger partial charge in [0, 0.05) is 25.2 Å². The van der Waals surface area contributed by atoms with E-state index in [0.717, 1.165) is 29.1 Å². The number of benzene rings is 1. The monoisotopic (exact) mass is 351 g/mol. The number of hydrogen-bond acceptors (Lipinski definition) is 4. The minimum atomic E-state index is -0.901. The lowest BCUT2D eigenvalue weighted by atomic mass is 10.1. The minimum absolute atomic E-state index is 0.103. The zero-order chi connectivity index (χ0) is 18.6. The lowest BCUT2D eigenvalue weighted by Gasteiger charge is -2.08. The normalized spacial score (nSPS) is 10.6. The number of carbonyl (C=O) groups is 2. The largest absolute Gasteiger partial charge is 0.456 e. The Morgan fingerprint density at radius 1 is 1.28 bits per heavy atom. The number of anilines is 1. The van der Waals surface area contributed by atoms with Crippen LogP contribution in [0.15, 0.2) is 18.2 Å². The van der Waals surface area contributed by atoms with Gasteiger partial charge in [-0.25, -0.2) is 8.78 Å². The van der Waals surface area contributed by atoms with Crippen molar-refractivity contribution in [2.24, 2.45) is 7.05 Å². The molecule has 0 unspecified atom stereocenters. The standard InChI is InChI=1S/C17H19F2N3O3/c1-10-13(11(2)22(3)21-10)5-7-17(24)25-9-16(23)20-15-6-4-12(18)8-14(15)19/h4,6,8H,5,7,9H2,1-3H3,(H,20,23). The molecule has 0 saturated carbocycles. The molecule has 0 fully saturated rings. The summed E-state index contributed by atoms with van der Waals surface area (Å²) in [5.74, 6) is -2.89. The van der Waals surface area contributed by atoms with Gasteiger partial charge in [0.25, 0.3) is 5.91 Å². The Labute approximate surface area is 143 Å². The first-order chi connectivity index (χ1) is 11.8. The zero-order valence-electron chi connectivity index (χ0n) is 14.2. The van der Waals surface area contributed by atoms with Crippen molar-refractivity contribution >= 4 is 17.6 Å². The molecular weight excluding hydrogens is 332 g/mol. The molecule has 1 amide bonds. The van der Waals surface area contributed by atoms with Gasteiger partial charge in [0.15, 0.2) is 6.61 Å². The van der Waals surface area contributed by atoms with Gasteiger partial charge in [0.2, 0.25) is 0 Å². The van der Waals surface area contributed by atoms with Crippen LogP contribution in [0.1, 0.15) is 23.4 Å². The fourth-order valence-corrected chi connectivity index (χ4v) is 2.40. The summed E-state index contributed by atoms with van der Waals surface area (Å²) in [5, 5.41) is 6.48. The van der Waals surface area contributed by atoms with Crippen LogP contribution in [0.3, 0.4) is 0 Å². The molecule has 6 nitrogen and oxygen atoms in total. The first-order valence-electron chi connectivity index (χ1n) is 7.67. The van der Waals surface area contributed by atoms with Crippen molar-refractivity contribution in [1.29, 1.82) is 0 Å². The van der Waals surface area contributed by atoms with Crippen molar-refractivity contribution in [3.8, 4) is 0 Å². The second kappa shape index (κ2) is 7.87. The molecule has 0 saturated heterocycles. The highest BCUT2D eigenvalue weighted by molar-refractivity contribution is 5.92. The van der Waals surface area contributed by atoms with Crippen molar-refractivity contribution in [2.75, 3.05) is 11.9 Å². The molecule has 1 aromatic carbocycles. The number of carbonyl (C=O) groups excluding carboxylic acids is 2. The van der Waals surface area contributed by atoms with Crippen LogP contribution < -0.4 is 5.32 Å². The fraction of sp³-hybridized carbons (Fsp3) is 0.353. The van der Waals surface area contributed by atoms with E-state index in [1.165, 1.54) is 0 Å². The van der Waals surface area contributed by atoms with E-state index in [-0.39, 0.29) is 12.1 Å². The van der Waals surface area contributed by atoms with Crippen LogP contribution in [0, 0.1) is 25.5 Å². The Balaban J connectivity index is 1.80. The van der Waals surface area contributed by atoms with Gasteiger partial charge in [-0.15, -0.1) is 0 Å². The lowest BCUT2D eigenvalue weighted by Crippen LogP contribution is -2.21. The van der Waals surface area contributed by atoms with Crippen LogP contribution >= 0.6 is 0 Å². The van der Waals surface area contributed by atoms with Gasteiger partial charge in [-0.1, -0.05) is 0 Å². The minimum Gasteiger partial charge on any atom is -0.456 e. The Morgan fingerprint density at radius 2 is 2.00 bits per heavy atom. The number of amides is 1. The number of aryl methyl sites for hydroxylation is 2. The summed E-state index contributed by atoms with van der Waals surface area (Å²) in [7, 11) is 1.82. The lowest BCUT2D eigenvalue weighted by molar-refractivity contribution is -0.147. The predicted molar refractivity (Wildman–Crippen MR) is 86.9 cm³/mol. The summed E-state index contributed by atoms with van der Waals surface area (Å²) in [4.78, 5) is 23.4. The molecule has 2 aromatic rings. The van der Waals surface area contributed by atoms with Gasteiger partial charge in [0.05, 0.1) is 11.4 Å². The first-order valence-corrected chi connectivity index (χ1v) is 7.67. The molecule has 1 N–H and O–H groups in total. The van der Waals surface area contributed by atoms with E-state index in [4.69, 9.17) is 4.74 Å². The summed E-state index contributed by atoms with van der Waals surface area (Å²) < 4.78 is 32.8. The maximum absolute atomic E-state index is 13.4. The number of rotatable bonds is 6. The second-order valence-corrected chi connectivity index (χ2v) is 5.61. The van der Waals surface area contributed by atoms with Crippen molar-refractivity contribution < 1.29 is 23.1 Å². The molecular formula is C17H19F2N3O3. The molecule has 134 valence electrons. The summed E-state index contributed by atoms with van der Waals surface area (Å²) >= 11 is 0. The van der Waals surface area contributed by atoms with Crippen LogP contribution in [0.2, 0.25) is 0 Å². The van der Waals surface area contributed by atoms with Crippen LogP contribution in [-0.4, -0.2) is 28.3 Å². The Hall–Kier alpha value is -2.77. The molecule has 2 rings (SSSR count). The van der Waals surface area contributed by atoms with Gasteiger partial charge in [-0.2, -0.15) is 5.10 Å². The van der Waals surface area contributed by atoms with Crippen LogP contribution in [0.25, 0.3) is 0 Å². The van der Waals surface area contributed by atoms with E-state index in [9.17, 15) is 18.4 Å². The molecule has 0 spiro atoms. The highest BCUT2D eigenvalue weighted by atomic mass is 19.1. The van der Waals surface area contributed by atoms with Crippen LogP contribution in [-0.2, 0) is 27.8 Å². The van der Waals surface area contributed by atoms with Gasteiger partial charge in [-0.05, 0) is 38.0 Å². The van der Waals surface area contributed by atoms with Crippen molar-refractivity contribution in [3.63, 3.8) is 0 Å². The molecule has 0 radical (unpaired) electrons. The van der Waals surface area contributed by atoms with E-state index in [2.05, 4.69) is 10.4 Å². The van der Waals surface area contributed by atoms with Gasteiger partial charge >= 0.3 is 5.97 Å². The quantitative estimate of drug-likeness (QED) is 0.812. The summed E-state index contributed by atoms with van der Waals surface area (Å²) in [6, 6.07) is 2.77. The average Bonchev–Trinajstić information content (AvgIpc) is 2.79. The third-order valence-corrected chi connectivity index (χ3v) is 3.81. The molecule has 25 heavy (non-hydrogen) atoms. The number of esters is 1. The molecule has 0 bridgehead atoms. The zero-order valence-corrected chi connectivity index (χ0v) is 14.2. The topological polar surface area (TPSA) is 73.2 Å². The molecule has 8 heteroatoms. The first kappa shape index (κ1) is 18.6. The van der Waals surface area contributed by atoms with E-state index in [1.54, 1.807) is 4.68 Å². The number of aromatic nitrogens is 2. The van der Waals surface area contributed by atoms with E-state index < -0.39 is 30.1 Å². The maximum Gasteiger partial charge on any atom is 0.306 e. The highest BCUT2D eigenvalue weighted by Crippen LogP contribution is 2.15. The van der Waals surface area contributed by atoms with Gasteiger partial charge in [0.1, 0.15) is 11.6 Å². The number of nitrogens with one attached hydrogen (secondary N) is 1. The van der Waals surface area contributed by atoms with Crippen LogP contribution in [0.5, 0.6) is 0 Å². The van der Waals surface area contributed by atoms with Gasteiger partial charge < -0.3 is 10.1 Å². The third-order valence-electron chi connectivity index (χ3n) is 3.81. The molecule has 0 aliphatic carbocycles. The third kappa shape index (κ3) is 4.85.